The Labute approximate surface area is 132 Å². The number of nitrogens with zero attached hydrogens (tertiary/aromatic N) is 2. The number of aromatic hydroxyl groups is 1. The van der Waals surface area contributed by atoms with E-state index in [9.17, 15) is 10.4 Å². The van der Waals surface area contributed by atoms with E-state index in [0.717, 1.165) is 16.8 Å². The number of benzene rings is 1. The number of nitrogens with one attached hydrogen (secondary N) is 1. The summed E-state index contributed by atoms with van der Waals surface area (Å²) in [6, 6.07) is 7.08. The maximum absolute atomic E-state index is 9.88. The molecular weight excluding hydrogens is 296 g/mol. The van der Waals surface area contributed by atoms with Crippen molar-refractivity contribution in [3.8, 4) is 23.4 Å². The Balaban J connectivity index is 2.19. The lowest BCUT2D eigenvalue weighted by Gasteiger charge is -2.24. The molecule has 1 aromatic heterocycles. The molecule has 1 aliphatic heterocycles. The van der Waals surface area contributed by atoms with Crippen molar-refractivity contribution in [2.45, 2.75) is 19.8 Å². The van der Waals surface area contributed by atoms with E-state index in [4.69, 9.17) is 15.2 Å². The number of hydrogen-bond acceptors (Lipinski definition) is 6. The second kappa shape index (κ2) is 5.57. The highest BCUT2D eigenvalue weighted by molar-refractivity contribution is 5.57. The van der Waals surface area contributed by atoms with Gasteiger partial charge in [0.1, 0.15) is 11.6 Å². The minimum Gasteiger partial charge on any atom is -0.504 e. The highest BCUT2D eigenvalue weighted by Crippen LogP contribution is 2.44. The number of aromatic amines is 1. The number of phenols is 1. The number of rotatable bonds is 3. The molecule has 2 aromatic rings. The largest absolute Gasteiger partial charge is 0.504 e. The van der Waals surface area contributed by atoms with Gasteiger partial charge < -0.3 is 20.3 Å². The Bertz CT molecular complexity index is 832. The monoisotopic (exact) mass is 312 g/mol. The lowest BCUT2D eigenvalue weighted by molar-refractivity contribution is 0.317. The van der Waals surface area contributed by atoms with Gasteiger partial charge in [0.25, 0.3) is 0 Å². The Kier molecular flexibility index (Phi) is 3.58. The third kappa shape index (κ3) is 2.34. The van der Waals surface area contributed by atoms with Crippen LogP contribution in [0.3, 0.4) is 0 Å². The molecule has 1 aromatic carbocycles. The number of ether oxygens (including phenoxy) is 2. The molecule has 7 nitrogen and oxygen atoms in total. The summed E-state index contributed by atoms with van der Waals surface area (Å²) >= 11 is 0. The fraction of sp³-hybridized carbons (Fsp3) is 0.250. The summed E-state index contributed by atoms with van der Waals surface area (Å²) in [4.78, 5) is 0. The highest BCUT2D eigenvalue weighted by Gasteiger charge is 2.34. The van der Waals surface area contributed by atoms with Crippen LogP contribution in [0.15, 0.2) is 29.7 Å². The Morgan fingerprint density at radius 3 is 3.00 bits per heavy atom. The first kappa shape index (κ1) is 14.8. The number of aryl methyl sites for hydroxylation is 1. The van der Waals surface area contributed by atoms with Crippen LogP contribution >= 0.6 is 0 Å². The van der Waals surface area contributed by atoms with E-state index in [0.29, 0.717) is 23.8 Å². The molecule has 0 radical (unpaired) electrons. The molecule has 7 heteroatoms. The Hall–Kier alpha value is -3.14. The van der Waals surface area contributed by atoms with Crippen LogP contribution in [-0.4, -0.2) is 21.9 Å². The van der Waals surface area contributed by atoms with Gasteiger partial charge in [-0.15, -0.1) is 5.10 Å². The van der Waals surface area contributed by atoms with Crippen molar-refractivity contribution < 1.29 is 14.6 Å². The predicted octanol–water partition coefficient (Wildman–Crippen LogP) is 2.04. The Morgan fingerprint density at radius 1 is 1.52 bits per heavy atom. The zero-order valence-corrected chi connectivity index (χ0v) is 12.8. The number of H-pyrrole nitrogens is 1. The van der Waals surface area contributed by atoms with Crippen molar-refractivity contribution in [3.05, 3.63) is 46.5 Å². The standard InChI is InChI=1S/C16H16N4O3/c1-3-22-12-6-9(4-5-11(12)21)14-10(7-17)15(18)23-16-13(14)8(2)19-20-16/h4-6,14,21H,3,18H2,1-2H3,(H,19,20)/t14-/m1/s1. The lowest BCUT2D eigenvalue weighted by Crippen LogP contribution is -2.21. The van der Waals surface area contributed by atoms with Gasteiger partial charge in [-0.3, -0.25) is 5.10 Å². The maximum Gasteiger partial charge on any atom is 0.244 e. The normalized spacial score (nSPS) is 16.5. The van der Waals surface area contributed by atoms with Gasteiger partial charge in [-0.05, 0) is 31.5 Å². The van der Waals surface area contributed by atoms with Gasteiger partial charge in [-0.1, -0.05) is 6.07 Å². The van der Waals surface area contributed by atoms with E-state index in [1.54, 1.807) is 12.1 Å². The number of phenolic OH excluding ortho intramolecular Hbond substituents is 1. The summed E-state index contributed by atoms with van der Waals surface area (Å²) in [7, 11) is 0. The predicted molar refractivity (Wildman–Crippen MR) is 81.9 cm³/mol. The third-order valence-electron chi connectivity index (χ3n) is 3.75. The summed E-state index contributed by atoms with van der Waals surface area (Å²) in [6.45, 7) is 4.10. The fourth-order valence-corrected chi connectivity index (χ4v) is 2.71. The van der Waals surface area contributed by atoms with E-state index >= 15 is 0 Å². The van der Waals surface area contributed by atoms with Crippen molar-refractivity contribution >= 4 is 0 Å². The van der Waals surface area contributed by atoms with E-state index in [-0.39, 0.29) is 11.6 Å². The summed E-state index contributed by atoms with van der Waals surface area (Å²) in [5, 5.41) is 26.3. The van der Waals surface area contributed by atoms with Gasteiger partial charge in [-0.25, -0.2) is 0 Å². The number of hydrogen-bond donors (Lipinski definition) is 3. The van der Waals surface area contributed by atoms with Gasteiger partial charge in [0.2, 0.25) is 11.8 Å². The molecule has 0 aliphatic carbocycles. The molecule has 3 rings (SSSR count). The van der Waals surface area contributed by atoms with E-state index < -0.39 is 5.92 Å². The van der Waals surface area contributed by atoms with Gasteiger partial charge >= 0.3 is 0 Å². The zero-order valence-electron chi connectivity index (χ0n) is 12.8. The van der Waals surface area contributed by atoms with Crippen molar-refractivity contribution in [1.82, 2.24) is 10.2 Å². The van der Waals surface area contributed by atoms with Crippen LogP contribution < -0.4 is 15.2 Å². The second-order valence-corrected chi connectivity index (χ2v) is 5.15. The molecule has 1 atom stereocenters. The van der Waals surface area contributed by atoms with Crippen molar-refractivity contribution in [2.75, 3.05) is 6.61 Å². The topological polar surface area (TPSA) is 117 Å². The molecule has 1 aliphatic rings. The fourth-order valence-electron chi connectivity index (χ4n) is 2.71. The van der Waals surface area contributed by atoms with Crippen LogP contribution in [-0.2, 0) is 0 Å². The van der Waals surface area contributed by atoms with E-state index in [2.05, 4.69) is 16.3 Å². The zero-order chi connectivity index (χ0) is 16.6. The second-order valence-electron chi connectivity index (χ2n) is 5.15. The first-order valence-corrected chi connectivity index (χ1v) is 7.15. The molecule has 0 amide bonds. The average molecular weight is 312 g/mol. The van der Waals surface area contributed by atoms with Crippen LogP contribution in [0.2, 0.25) is 0 Å². The summed E-state index contributed by atoms with van der Waals surface area (Å²) in [5.41, 5.74) is 8.47. The van der Waals surface area contributed by atoms with Crippen molar-refractivity contribution in [3.63, 3.8) is 0 Å². The Morgan fingerprint density at radius 2 is 2.30 bits per heavy atom. The molecule has 2 heterocycles. The van der Waals surface area contributed by atoms with E-state index in [1.165, 1.54) is 6.07 Å². The van der Waals surface area contributed by atoms with Crippen molar-refractivity contribution in [2.24, 2.45) is 5.73 Å². The third-order valence-corrected chi connectivity index (χ3v) is 3.75. The van der Waals surface area contributed by atoms with Crippen LogP contribution in [0, 0.1) is 18.3 Å². The van der Waals surface area contributed by atoms with Gasteiger partial charge in [0, 0.05) is 11.3 Å². The smallest absolute Gasteiger partial charge is 0.244 e. The molecular formula is C16H16N4O3. The molecule has 118 valence electrons. The van der Waals surface area contributed by atoms with Gasteiger partial charge in [0.05, 0.1) is 12.5 Å². The van der Waals surface area contributed by atoms with Crippen molar-refractivity contribution in [1.29, 1.82) is 5.26 Å². The summed E-state index contributed by atoms with van der Waals surface area (Å²) < 4.78 is 10.8. The number of allylic oxidation sites excluding steroid dienone is 1. The molecule has 4 N–H and O–H groups in total. The lowest BCUT2D eigenvalue weighted by atomic mass is 9.84. The molecule has 0 saturated heterocycles. The number of nitrogens with two attached hydrogens (primary N) is 1. The molecule has 0 bridgehead atoms. The molecule has 23 heavy (non-hydrogen) atoms. The van der Waals surface area contributed by atoms with Crippen LogP contribution in [0.5, 0.6) is 17.4 Å². The van der Waals surface area contributed by atoms with Gasteiger partial charge in [-0.2, -0.15) is 5.26 Å². The number of aromatic nitrogens is 2. The summed E-state index contributed by atoms with van der Waals surface area (Å²) in [6.07, 6.45) is 0. The van der Waals surface area contributed by atoms with E-state index in [1.807, 2.05) is 13.8 Å². The van der Waals surface area contributed by atoms with Gasteiger partial charge in [0.15, 0.2) is 11.5 Å². The SMILES string of the molecule is CCOc1cc([C@@H]2C(C#N)=C(N)Oc3n[nH]c(C)c32)ccc1O. The highest BCUT2D eigenvalue weighted by atomic mass is 16.5. The van der Waals surface area contributed by atoms with Crippen LogP contribution in [0.4, 0.5) is 0 Å². The molecule has 0 fully saturated rings. The quantitative estimate of drug-likeness (QED) is 0.798. The maximum atomic E-state index is 9.88. The summed E-state index contributed by atoms with van der Waals surface area (Å²) in [5.74, 6) is 0.359. The molecule has 0 unspecified atom stereocenters. The van der Waals surface area contributed by atoms with Crippen LogP contribution in [0.1, 0.15) is 29.7 Å². The molecule has 0 spiro atoms. The minimum absolute atomic E-state index is 0.0301. The number of nitriles is 1. The number of fused-ring (bicyclic) bond motifs is 1. The van der Waals surface area contributed by atoms with Crippen LogP contribution in [0.25, 0.3) is 0 Å². The average Bonchev–Trinajstić information content (AvgIpc) is 2.89. The minimum atomic E-state index is -0.428. The first-order valence-electron chi connectivity index (χ1n) is 7.15. The molecule has 0 saturated carbocycles. The first-order chi connectivity index (χ1) is 11.1.